The van der Waals surface area contributed by atoms with Crippen LogP contribution in [0.5, 0.6) is 0 Å². The maximum Gasteiger partial charge on any atom is 0.312 e. The Hall–Kier alpha value is -1.21. The van der Waals surface area contributed by atoms with E-state index in [0.29, 0.717) is 0 Å². The van der Waals surface area contributed by atoms with Crippen LogP contribution >= 0.6 is 8.46 Å². The first kappa shape index (κ1) is 21.8. The normalized spacial score (nSPS) is 15.8. The van der Waals surface area contributed by atoms with Crippen molar-refractivity contribution in [1.29, 1.82) is 0 Å². The van der Waals surface area contributed by atoms with Crippen LogP contribution in [0.25, 0.3) is 0 Å². The molecule has 3 unspecified atom stereocenters. The summed E-state index contributed by atoms with van der Waals surface area (Å²) in [5.74, 6) is -1.55. The maximum absolute atomic E-state index is 12.5. The fourth-order valence-electron chi connectivity index (χ4n) is 2.41. The van der Waals surface area contributed by atoms with Crippen LogP contribution in [0.3, 0.4) is 0 Å². The lowest BCUT2D eigenvalue weighted by Gasteiger charge is -2.34. The summed E-state index contributed by atoms with van der Waals surface area (Å²) >= 11 is 0. The van der Waals surface area contributed by atoms with Gasteiger partial charge in [-0.1, -0.05) is 30.3 Å². The molecule has 0 aliphatic carbocycles. The zero-order chi connectivity index (χ0) is 18.9. The van der Waals surface area contributed by atoms with Gasteiger partial charge in [0, 0.05) is 6.61 Å². The number of hydrogen-bond donors (Lipinski definition) is 0. The van der Waals surface area contributed by atoms with Gasteiger partial charge < -0.3 is 14.0 Å². The zero-order valence-corrected chi connectivity index (χ0v) is 16.6. The number of hydrogen-bond acceptors (Lipinski definition) is 7. The molecule has 0 saturated carbocycles. The Morgan fingerprint density at radius 3 is 2.32 bits per heavy atom. The van der Waals surface area contributed by atoms with Gasteiger partial charge in [-0.2, -0.15) is 8.42 Å². The monoisotopic (exact) mass is 392 g/mol. The zero-order valence-electron chi connectivity index (χ0n) is 14.6. The molecule has 0 amide bonds. The van der Waals surface area contributed by atoms with E-state index in [1.54, 1.807) is 13.8 Å². The number of carbonyl (C=O) groups excluding carboxylic acids is 1. The predicted octanol–water partition coefficient (Wildman–Crippen LogP) is 1.87. The Morgan fingerprint density at radius 1 is 1.20 bits per heavy atom. The topological polar surface area (TPSA) is 96.0 Å². The second-order valence-corrected chi connectivity index (χ2v) is 8.32. The van der Waals surface area contributed by atoms with E-state index in [1.807, 2.05) is 30.3 Å². The first-order chi connectivity index (χ1) is 11.8. The minimum atomic E-state index is -3.79. The van der Waals surface area contributed by atoms with Crippen molar-refractivity contribution in [1.82, 2.24) is 0 Å². The van der Waals surface area contributed by atoms with Crippen LogP contribution in [0, 0.1) is 5.92 Å². The molecule has 1 aromatic rings. The van der Waals surface area contributed by atoms with Gasteiger partial charge in [0.2, 0.25) is 0 Å². The van der Waals surface area contributed by atoms with Crippen molar-refractivity contribution >= 4 is 24.5 Å². The number of ether oxygens (including phenoxy) is 2. The third-order valence-electron chi connectivity index (χ3n) is 3.55. The summed E-state index contributed by atoms with van der Waals surface area (Å²) in [6.45, 7) is 3.13. The van der Waals surface area contributed by atoms with Gasteiger partial charge in [0.05, 0.1) is 27.2 Å². The molecule has 0 aromatic heterocycles. The van der Waals surface area contributed by atoms with Crippen LogP contribution in [0.4, 0.5) is 0 Å². The molecule has 3 atom stereocenters. The van der Waals surface area contributed by atoms with Crippen molar-refractivity contribution in [3.05, 3.63) is 35.9 Å². The van der Waals surface area contributed by atoms with Crippen LogP contribution in [0.15, 0.2) is 30.3 Å². The molecule has 1 aromatic carbocycles. The number of carbonyl (C=O) groups is 1. The summed E-state index contributed by atoms with van der Waals surface area (Å²) < 4.78 is 50.4. The SMILES string of the molecule is CCOC(=O)C(Cc1ccccc1)C(COS(C)(=O)=O)(OCC)[PH2]=O. The molecule has 7 nitrogen and oxygen atoms in total. The Kier molecular flexibility index (Phi) is 8.79. The summed E-state index contributed by atoms with van der Waals surface area (Å²) in [6, 6.07) is 9.11. The van der Waals surface area contributed by atoms with E-state index in [9.17, 15) is 17.8 Å². The average molecular weight is 392 g/mol. The standard InChI is InChI=1S/C16H25O7PS/c1-4-21-15(17)14(11-13-9-7-6-8-10-13)16(24-18,22-5-2)12-23-25(3,19)20/h6-10,14H,4-5,11-12,24H2,1-3H3. The third-order valence-corrected chi connectivity index (χ3v) is 5.24. The van der Waals surface area contributed by atoms with Gasteiger partial charge in [-0.25, -0.2) is 0 Å². The second kappa shape index (κ2) is 10.1. The molecule has 0 aliphatic rings. The molecule has 1 rings (SSSR count). The lowest BCUT2D eigenvalue weighted by molar-refractivity contribution is -0.157. The Balaban J connectivity index is 3.25. The first-order valence-corrected chi connectivity index (χ1v) is 10.8. The molecule has 0 spiro atoms. The molecule has 0 fully saturated rings. The fourth-order valence-corrected chi connectivity index (χ4v) is 3.73. The van der Waals surface area contributed by atoms with E-state index in [0.717, 1.165) is 11.8 Å². The highest BCUT2D eigenvalue weighted by Crippen LogP contribution is 2.37. The van der Waals surface area contributed by atoms with Crippen molar-refractivity contribution in [2.75, 3.05) is 26.1 Å². The second-order valence-electron chi connectivity index (χ2n) is 5.47. The molecule has 0 saturated heterocycles. The van der Waals surface area contributed by atoms with Crippen LogP contribution in [-0.4, -0.2) is 45.8 Å². The summed E-state index contributed by atoms with van der Waals surface area (Å²) in [4.78, 5) is 12.5. The summed E-state index contributed by atoms with van der Waals surface area (Å²) in [5.41, 5.74) is 0.817. The average Bonchev–Trinajstić information content (AvgIpc) is 2.57. The van der Waals surface area contributed by atoms with E-state index in [2.05, 4.69) is 0 Å². The minimum Gasteiger partial charge on any atom is -0.466 e. The van der Waals surface area contributed by atoms with Crippen molar-refractivity contribution in [2.24, 2.45) is 5.92 Å². The number of rotatable bonds is 11. The van der Waals surface area contributed by atoms with Crippen LogP contribution in [0.2, 0.25) is 0 Å². The lowest BCUT2D eigenvalue weighted by atomic mass is 9.93. The largest absolute Gasteiger partial charge is 0.466 e. The molecule has 0 radical (unpaired) electrons. The Bertz CT molecular complexity index is 662. The van der Waals surface area contributed by atoms with Gasteiger partial charge in [0.1, 0.15) is 6.61 Å². The molecule has 9 heteroatoms. The van der Waals surface area contributed by atoms with Gasteiger partial charge in [0.15, 0.2) is 5.34 Å². The number of benzene rings is 1. The van der Waals surface area contributed by atoms with Crippen molar-refractivity contribution in [3.8, 4) is 0 Å². The Labute approximate surface area is 150 Å². The Morgan fingerprint density at radius 2 is 1.84 bits per heavy atom. The fraction of sp³-hybridized carbons (Fsp3) is 0.562. The van der Waals surface area contributed by atoms with E-state index >= 15 is 0 Å². The van der Waals surface area contributed by atoms with Crippen LogP contribution in [-0.2, 0) is 39.6 Å². The molecule has 25 heavy (non-hydrogen) atoms. The van der Waals surface area contributed by atoms with E-state index in [1.165, 1.54) is 0 Å². The van der Waals surface area contributed by atoms with E-state index in [-0.39, 0.29) is 19.6 Å². The van der Waals surface area contributed by atoms with Gasteiger partial charge >= 0.3 is 5.97 Å². The van der Waals surface area contributed by atoms with Gasteiger partial charge in [-0.05, 0) is 25.8 Å². The quantitative estimate of drug-likeness (QED) is 0.322. The number of esters is 1. The summed E-state index contributed by atoms with van der Waals surface area (Å²) in [6.07, 6.45) is 1.09. The molecule has 0 bridgehead atoms. The van der Waals surface area contributed by atoms with Crippen LogP contribution < -0.4 is 0 Å². The highest BCUT2D eigenvalue weighted by molar-refractivity contribution is 7.86. The minimum absolute atomic E-state index is 0.146. The van der Waals surface area contributed by atoms with Gasteiger partial charge in [-0.15, -0.1) is 0 Å². The molecule has 0 aliphatic heterocycles. The van der Waals surface area contributed by atoms with E-state index < -0.39 is 42.4 Å². The van der Waals surface area contributed by atoms with Gasteiger partial charge in [-0.3, -0.25) is 8.98 Å². The molecule has 0 heterocycles. The first-order valence-electron chi connectivity index (χ1n) is 7.93. The molecular formula is C16H25O7PS. The van der Waals surface area contributed by atoms with Crippen LogP contribution in [0.1, 0.15) is 19.4 Å². The summed E-state index contributed by atoms with van der Waals surface area (Å²) in [5, 5.41) is -1.56. The van der Waals surface area contributed by atoms with Crippen molar-refractivity contribution in [2.45, 2.75) is 25.6 Å². The van der Waals surface area contributed by atoms with E-state index in [4.69, 9.17) is 13.7 Å². The molecular weight excluding hydrogens is 367 g/mol. The highest BCUT2D eigenvalue weighted by Gasteiger charge is 2.45. The van der Waals surface area contributed by atoms with Crippen molar-refractivity contribution < 1.29 is 31.4 Å². The lowest BCUT2D eigenvalue weighted by Crippen LogP contribution is -2.46. The maximum atomic E-state index is 12.5. The molecule has 0 N–H and O–H groups in total. The van der Waals surface area contributed by atoms with Crippen molar-refractivity contribution in [3.63, 3.8) is 0 Å². The smallest absolute Gasteiger partial charge is 0.312 e. The van der Waals surface area contributed by atoms with Gasteiger partial charge in [0.25, 0.3) is 10.1 Å². The third kappa shape index (κ3) is 6.90. The highest BCUT2D eigenvalue weighted by atomic mass is 32.2. The summed E-state index contributed by atoms with van der Waals surface area (Å²) in [7, 11) is -5.47. The molecule has 142 valence electrons. The predicted molar refractivity (Wildman–Crippen MR) is 95.8 cm³/mol.